The molecule has 3 aromatic heterocycles. The monoisotopic (exact) mass is 408 g/mol. The summed E-state index contributed by atoms with van der Waals surface area (Å²) in [6.45, 7) is 0.787. The van der Waals surface area contributed by atoms with E-state index in [1.54, 1.807) is 18.3 Å². The van der Waals surface area contributed by atoms with Gasteiger partial charge < -0.3 is 14.8 Å². The maximum absolute atomic E-state index is 14.0. The first-order valence-electron chi connectivity index (χ1n) is 8.67. The van der Waals surface area contributed by atoms with Crippen LogP contribution in [-0.4, -0.2) is 44.4 Å². The predicted octanol–water partition coefficient (Wildman–Crippen LogP) is 3.34. The van der Waals surface area contributed by atoms with Crippen molar-refractivity contribution in [1.29, 1.82) is 0 Å². The van der Waals surface area contributed by atoms with Crippen molar-refractivity contribution < 1.29 is 22.4 Å². The molecule has 4 heterocycles. The number of carbonyl (C=O) groups excluding carboxylic acids is 1. The van der Waals surface area contributed by atoms with Crippen molar-refractivity contribution in [2.24, 2.45) is 0 Å². The Kier molecular flexibility index (Phi) is 4.21. The standard InChI is InChI=1S/C18H16F4N6O/c1-10(29)24-13-5-12-11(7-23-13)3-4-28(12)15-6-14(27-8-18(21,22)9-27)25-16(26-15)17(2,19)20/h3-7H,8-9H2,1-2H3,(H,23,24,29). The van der Waals surface area contributed by atoms with Gasteiger partial charge in [0.2, 0.25) is 11.7 Å². The number of nitrogens with zero attached hydrogens (tertiary/aromatic N) is 5. The van der Waals surface area contributed by atoms with E-state index in [0.29, 0.717) is 17.8 Å². The quantitative estimate of drug-likeness (QED) is 0.671. The van der Waals surface area contributed by atoms with Gasteiger partial charge in [0.15, 0.2) is 0 Å². The number of anilines is 2. The lowest BCUT2D eigenvalue weighted by Gasteiger charge is -2.39. The van der Waals surface area contributed by atoms with Gasteiger partial charge in [0.25, 0.3) is 5.92 Å². The molecule has 1 saturated heterocycles. The van der Waals surface area contributed by atoms with Gasteiger partial charge >= 0.3 is 5.92 Å². The van der Waals surface area contributed by atoms with Crippen LogP contribution < -0.4 is 10.2 Å². The van der Waals surface area contributed by atoms with Crippen molar-refractivity contribution in [3.05, 3.63) is 36.4 Å². The van der Waals surface area contributed by atoms with Gasteiger partial charge in [0.1, 0.15) is 17.5 Å². The molecular formula is C18H16F4N6O. The maximum Gasteiger partial charge on any atom is 0.303 e. The third kappa shape index (κ3) is 3.71. The molecule has 1 N–H and O–H groups in total. The number of fused-ring (bicyclic) bond motifs is 1. The largest absolute Gasteiger partial charge is 0.344 e. The summed E-state index contributed by atoms with van der Waals surface area (Å²) in [5, 5.41) is 3.23. The van der Waals surface area contributed by atoms with Crippen LogP contribution in [0, 0.1) is 0 Å². The zero-order chi connectivity index (χ0) is 21.0. The van der Waals surface area contributed by atoms with E-state index in [1.165, 1.54) is 28.7 Å². The van der Waals surface area contributed by atoms with Gasteiger partial charge in [-0.05, 0) is 6.07 Å². The lowest BCUT2D eigenvalue weighted by Crippen LogP contribution is -2.56. The van der Waals surface area contributed by atoms with E-state index in [2.05, 4.69) is 20.3 Å². The van der Waals surface area contributed by atoms with Gasteiger partial charge in [-0.3, -0.25) is 4.79 Å². The molecule has 11 heteroatoms. The number of aromatic nitrogens is 4. The number of hydrogen-bond donors (Lipinski definition) is 1. The lowest BCUT2D eigenvalue weighted by atomic mass is 10.1. The molecule has 152 valence electrons. The first kappa shape index (κ1) is 19.1. The van der Waals surface area contributed by atoms with E-state index < -0.39 is 30.8 Å². The predicted molar refractivity (Wildman–Crippen MR) is 97.7 cm³/mol. The van der Waals surface area contributed by atoms with Crippen molar-refractivity contribution in [3.8, 4) is 5.82 Å². The Balaban J connectivity index is 1.82. The number of hydrogen-bond acceptors (Lipinski definition) is 5. The highest BCUT2D eigenvalue weighted by Crippen LogP contribution is 2.34. The molecule has 29 heavy (non-hydrogen) atoms. The van der Waals surface area contributed by atoms with Crippen LogP contribution in [-0.2, 0) is 10.7 Å². The molecule has 0 bridgehead atoms. The number of pyridine rings is 1. The van der Waals surface area contributed by atoms with E-state index in [0.717, 1.165) is 0 Å². The highest BCUT2D eigenvalue weighted by molar-refractivity contribution is 5.91. The summed E-state index contributed by atoms with van der Waals surface area (Å²) >= 11 is 0. The lowest BCUT2D eigenvalue weighted by molar-refractivity contribution is -0.114. The average Bonchev–Trinajstić information content (AvgIpc) is 3.01. The van der Waals surface area contributed by atoms with Crippen molar-refractivity contribution in [3.63, 3.8) is 0 Å². The normalized spacial score (nSPS) is 16.0. The molecule has 0 atom stereocenters. The number of halogens is 4. The summed E-state index contributed by atoms with van der Waals surface area (Å²) in [6, 6.07) is 4.64. The van der Waals surface area contributed by atoms with Gasteiger partial charge in [-0.25, -0.2) is 23.7 Å². The highest BCUT2D eigenvalue weighted by Gasteiger charge is 2.45. The minimum Gasteiger partial charge on any atom is -0.344 e. The molecule has 0 aromatic carbocycles. The molecule has 7 nitrogen and oxygen atoms in total. The minimum atomic E-state index is -3.36. The molecule has 0 aliphatic carbocycles. The highest BCUT2D eigenvalue weighted by atomic mass is 19.3. The van der Waals surface area contributed by atoms with Gasteiger partial charge in [-0.15, -0.1) is 0 Å². The Labute approximate surface area is 162 Å². The molecule has 4 rings (SSSR count). The molecule has 0 spiro atoms. The van der Waals surface area contributed by atoms with Gasteiger partial charge in [0, 0.05) is 43.8 Å². The van der Waals surface area contributed by atoms with Crippen molar-refractivity contribution in [2.45, 2.75) is 25.7 Å². The number of nitrogens with one attached hydrogen (secondary N) is 1. The summed E-state index contributed by atoms with van der Waals surface area (Å²) in [6.07, 6.45) is 3.11. The third-order valence-electron chi connectivity index (χ3n) is 4.39. The van der Waals surface area contributed by atoms with Crippen LogP contribution in [0.3, 0.4) is 0 Å². The van der Waals surface area contributed by atoms with Gasteiger partial charge in [0.05, 0.1) is 18.6 Å². The Hall–Kier alpha value is -3.24. The van der Waals surface area contributed by atoms with Crippen LogP contribution in [0.4, 0.5) is 29.2 Å². The van der Waals surface area contributed by atoms with Crippen LogP contribution in [0.15, 0.2) is 30.6 Å². The second kappa shape index (κ2) is 6.39. The number of carbonyl (C=O) groups is 1. The van der Waals surface area contributed by atoms with E-state index in [4.69, 9.17) is 0 Å². The number of amides is 1. The van der Waals surface area contributed by atoms with Crippen LogP contribution >= 0.6 is 0 Å². The molecule has 0 unspecified atom stereocenters. The van der Waals surface area contributed by atoms with Crippen molar-refractivity contribution in [1.82, 2.24) is 19.5 Å². The van der Waals surface area contributed by atoms with E-state index in [-0.39, 0.29) is 23.4 Å². The summed E-state index contributed by atoms with van der Waals surface area (Å²) in [5.74, 6) is -6.94. The first-order valence-corrected chi connectivity index (χ1v) is 8.67. The smallest absolute Gasteiger partial charge is 0.303 e. The van der Waals surface area contributed by atoms with E-state index in [9.17, 15) is 22.4 Å². The summed E-state index contributed by atoms with van der Waals surface area (Å²) in [7, 11) is 0. The summed E-state index contributed by atoms with van der Waals surface area (Å²) < 4.78 is 55.9. The second-order valence-electron chi connectivity index (χ2n) is 7.00. The van der Waals surface area contributed by atoms with Gasteiger partial charge in [-0.2, -0.15) is 8.78 Å². The Bertz CT molecular complexity index is 1100. The van der Waals surface area contributed by atoms with Gasteiger partial charge in [-0.1, -0.05) is 0 Å². The molecule has 1 aliphatic heterocycles. The second-order valence-corrected chi connectivity index (χ2v) is 7.00. The Morgan fingerprint density at radius 2 is 1.90 bits per heavy atom. The molecule has 1 fully saturated rings. The average molecular weight is 408 g/mol. The van der Waals surface area contributed by atoms with Crippen LogP contribution in [0.25, 0.3) is 16.7 Å². The Morgan fingerprint density at radius 1 is 1.21 bits per heavy atom. The number of alkyl halides is 4. The van der Waals surface area contributed by atoms with Crippen molar-refractivity contribution in [2.75, 3.05) is 23.3 Å². The fraction of sp³-hybridized carbons (Fsp3) is 0.333. The fourth-order valence-electron chi connectivity index (χ4n) is 3.05. The molecule has 1 aliphatic rings. The van der Waals surface area contributed by atoms with E-state index in [1.807, 2.05) is 0 Å². The zero-order valence-electron chi connectivity index (χ0n) is 15.5. The van der Waals surface area contributed by atoms with Crippen LogP contribution in [0.5, 0.6) is 0 Å². The molecule has 0 saturated carbocycles. The number of rotatable bonds is 4. The first-order chi connectivity index (χ1) is 13.5. The molecule has 3 aromatic rings. The third-order valence-corrected chi connectivity index (χ3v) is 4.39. The molecule has 0 radical (unpaired) electrons. The van der Waals surface area contributed by atoms with Crippen molar-refractivity contribution >= 4 is 28.4 Å². The topological polar surface area (TPSA) is 75.9 Å². The zero-order valence-corrected chi connectivity index (χ0v) is 15.5. The minimum absolute atomic E-state index is 0.00422. The maximum atomic E-state index is 14.0. The molecular weight excluding hydrogens is 392 g/mol. The van der Waals surface area contributed by atoms with Crippen LogP contribution in [0.2, 0.25) is 0 Å². The van der Waals surface area contributed by atoms with E-state index >= 15 is 0 Å². The SMILES string of the molecule is CC(=O)Nc1cc2c(ccn2-c2cc(N3CC(F)(F)C3)nc(C(C)(F)F)n2)cn1. The molecule has 1 amide bonds. The summed E-state index contributed by atoms with van der Waals surface area (Å²) in [5.41, 5.74) is 0.549. The van der Waals surface area contributed by atoms with Crippen LogP contribution in [0.1, 0.15) is 19.7 Å². The fourth-order valence-corrected chi connectivity index (χ4v) is 3.05. The Morgan fingerprint density at radius 3 is 2.52 bits per heavy atom. The summed E-state index contributed by atoms with van der Waals surface area (Å²) in [4.78, 5) is 24.3.